The third-order valence-corrected chi connectivity index (χ3v) is 2.68. The molecule has 2 rings (SSSR count). The number of rotatable bonds is 1. The Bertz CT molecular complexity index is 466. The second-order valence-electron chi connectivity index (χ2n) is 3.35. The Morgan fingerprint density at radius 3 is 2.86 bits per heavy atom. The lowest BCUT2D eigenvalue weighted by atomic mass is 10.1. The highest BCUT2D eigenvalue weighted by atomic mass is 79.9. The number of pyridine rings is 1. The lowest BCUT2D eigenvalue weighted by Crippen LogP contribution is -2.07. The number of benzene rings is 1. The molecular weight excluding hydrogens is 240 g/mol. The molecule has 1 heterocycles. The minimum Gasteiger partial charge on any atom is -0.323 e. The zero-order valence-corrected chi connectivity index (χ0v) is 9.45. The maximum Gasteiger partial charge on any atom is 0.0646 e. The van der Waals surface area contributed by atoms with Crippen molar-refractivity contribution < 1.29 is 0 Å². The van der Waals surface area contributed by atoms with E-state index in [1.807, 2.05) is 25.1 Å². The lowest BCUT2D eigenvalue weighted by molar-refractivity contribution is 0.791. The molecule has 0 spiro atoms. The van der Waals surface area contributed by atoms with Gasteiger partial charge in [0, 0.05) is 22.1 Å². The van der Waals surface area contributed by atoms with Crippen LogP contribution in [0, 0.1) is 0 Å². The summed E-state index contributed by atoms with van der Waals surface area (Å²) < 4.78 is 1.08. The van der Waals surface area contributed by atoms with Crippen LogP contribution in [0.1, 0.15) is 18.7 Å². The second-order valence-corrected chi connectivity index (χ2v) is 4.27. The summed E-state index contributed by atoms with van der Waals surface area (Å²) in [7, 11) is 0. The molecule has 72 valence electrons. The summed E-state index contributed by atoms with van der Waals surface area (Å²) in [5, 5.41) is 2.30. The van der Waals surface area contributed by atoms with Crippen LogP contribution in [0.25, 0.3) is 10.8 Å². The number of hydrogen-bond acceptors (Lipinski definition) is 2. The first-order valence-corrected chi connectivity index (χ1v) is 5.27. The molecule has 3 heteroatoms. The zero-order chi connectivity index (χ0) is 10.1. The van der Waals surface area contributed by atoms with Gasteiger partial charge in [-0.05, 0) is 30.5 Å². The first kappa shape index (κ1) is 9.62. The molecule has 0 radical (unpaired) electrons. The molecule has 0 aliphatic carbocycles. The summed E-state index contributed by atoms with van der Waals surface area (Å²) in [5.74, 6) is 0. The van der Waals surface area contributed by atoms with Gasteiger partial charge in [0.05, 0.1) is 5.69 Å². The fourth-order valence-corrected chi connectivity index (χ4v) is 1.91. The van der Waals surface area contributed by atoms with Crippen LogP contribution < -0.4 is 5.73 Å². The van der Waals surface area contributed by atoms with Gasteiger partial charge in [-0.3, -0.25) is 4.98 Å². The average Bonchev–Trinajstić information content (AvgIpc) is 2.16. The van der Waals surface area contributed by atoms with Crippen molar-refractivity contribution in [3.8, 4) is 0 Å². The minimum absolute atomic E-state index is 0.0279. The number of hydrogen-bond donors (Lipinski definition) is 1. The van der Waals surface area contributed by atoms with Crippen LogP contribution in [-0.4, -0.2) is 4.98 Å². The molecule has 0 aliphatic heterocycles. The molecule has 1 aromatic heterocycles. The molecule has 2 N–H and O–H groups in total. The largest absolute Gasteiger partial charge is 0.323 e. The van der Waals surface area contributed by atoms with Gasteiger partial charge in [-0.2, -0.15) is 0 Å². The summed E-state index contributed by atoms with van der Waals surface area (Å²) in [6, 6.07) is 8.09. The van der Waals surface area contributed by atoms with E-state index in [2.05, 4.69) is 27.0 Å². The van der Waals surface area contributed by atoms with Crippen LogP contribution in [0.3, 0.4) is 0 Å². The molecule has 1 aromatic carbocycles. The summed E-state index contributed by atoms with van der Waals surface area (Å²) in [6.07, 6.45) is 1.80. The molecule has 0 saturated heterocycles. The highest BCUT2D eigenvalue weighted by Crippen LogP contribution is 2.23. The SMILES string of the molecule is CC(N)c1nccc2cc(Br)ccc12. The third kappa shape index (κ3) is 1.65. The predicted molar refractivity (Wildman–Crippen MR) is 62.0 cm³/mol. The van der Waals surface area contributed by atoms with Crippen LogP contribution >= 0.6 is 15.9 Å². The van der Waals surface area contributed by atoms with Crippen molar-refractivity contribution >= 4 is 26.7 Å². The normalized spacial score (nSPS) is 13.1. The van der Waals surface area contributed by atoms with E-state index in [0.29, 0.717) is 0 Å². The summed E-state index contributed by atoms with van der Waals surface area (Å²) in [4.78, 5) is 4.30. The molecule has 0 aliphatic rings. The summed E-state index contributed by atoms with van der Waals surface area (Å²) in [6.45, 7) is 1.95. The molecule has 0 fully saturated rings. The molecule has 14 heavy (non-hydrogen) atoms. The van der Waals surface area contributed by atoms with Crippen LogP contribution in [0.5, 0.6) is 0 Å². The topological polar surface area (TPSA) is 38.9 Å². The van der Waals surface area contributed by atoms with E-state index >= 15 is 0 Å². The molecule has 2 nitrogen and oxygen atoms in total. The van der Waals surface area contributed by atoms with Gasteiger partial charge in [-0.1, -0.05) is 22.0 Å². The van der Waals surface area contributed by atoms with Crippen molar-refractivity contribution in [3.05, 3.63) is 40.6 Å². The Hall–Kier alpha value is -0.930. The molecule has 0 bridgehead atoms. The molecule has 0 saturated carbocycles. The van der Waals surface area contributed by atoms with Gasteiger partial charge < -0.3 is 5.73 Å². The predicted octanol–water partition coefficient (Wildman–Crippen LogP) is 3.02. The summed E-state index contributed by atoms with van der Waals surface area (Å²) in [5.41, 5.74) is 6.80. The van der Waals surface area contributed by atoms with Crippen LogP contribution in [0.15, 0.2) is 34.9 Å². The monoisotopic (exact) mass is 250 g/mol. The quantitative estimate of drug-likeness (QED) is 0.846. The van der Waals surface area contributed by atoms with Crippen molar-refractivity contribution in [2.45, 2.75) is 13.0 Å². The average molecular weight is 251 g/mol. The number of halogens is 1. The minimum atomic E-state index is -0.0279. The third-order valence-electron chi connectivity index (χ3n) is 2.19. The van der Waals surface area contributed by atoms with Crippen molar-refractivity contribution in [2.24, 2.45) is 5.73 Å². The summed E-state index contributed by atoms with van der Waals surface area (Å²) >= 11 is 3.44. The first-order valence-electron chi connectivity index (χ1n) is 4.48. The van der Waals surface area contributed by atoms with Gasteiger partial charge in [0.15, 0.2) is 0 Å². The smallest absolute Gasteiger partial charge is 0.0646 e. The van der Waals surface area contributed by atoms with Crippen molar-refractivity contribution in [3.63, 3.8) is 0 Å². The van der Waals surface area contributed by atoms with E-state index in [-0.39, 0.29) is 6.04 Å². The maximum atomic E-state index is 5.84. The Balaban J connectivity index is 2.75. The van der Waals surface area contributed by atoms with Gasteiger partial charge >= 0.3 is 0 Å². The standard InChI is InChI=1S/C11H11BrN2/c1-7(13)11-10-3-2-9(12)6-8(10)4-5-14-11/h2-7H,13H2,1H3. The number of fused-ring (bicyclic) bond motifs is 1. The highest BCUT2D eigenvalue weighted by Gasteiger charge is 2.06. The molecule has 1 unspecified atom stereocenters. The van der Waals surface area contributed by atoms with Gasteiger partial charge in [0.2, 0.25) is 0 Å². The molecule has 1 atom stereocenters. The fourth-order valence-electron chi connectivity index (χ4n) is 1.54. The van der Waals surface area contributed by atoms with E-state index in [9.17, 15) is 0 Å². The van der Waals surface area contributed by atoms with Crippen molar-refractivity contribution in [2.75, 3.05) is 0 Å². The Kier molecular flexibility index (Phi) is 2.52. The Labute approximate surface area is 91.3 Å². The van der Waals surface area contributed by atoms with E-state index in [0.717, 1.165) is 15.6 Å². The fraction of sp³-hybridized carbons (Fsp3) is 0.182. The number of nitrogens with zero attached hydrogens (tertiary/aromatic N) is 1. The zero-order valence-electron chi connectivity index (χ0n) is 7.87. The number of nitrogens with two attached hydrogens (primary N) is 1. The van der Waals surface area contributed by atoms with E-state index < -0.39 is 0 Å². The van der Waals surface area contributed by atoms with Gasteiger partial charge in [0.25, 0.3) is 0 Å². The Morgan fingerprint density at radius 1 is 1.36 bits per heavy atom. The van der Waals surface area contributed by atoms with Crippen LogP contribution in [0.2, 0.25) is 0 Å². The van der Waals surface area contributed by atoms with Crippen molar-refractivity contribution in [1.82, 2.24) is 4.98 Å². The maximum absolute atomic E-state index is 5.84. The highest BCUT2D eigenvalue weighted by molar-refractivity contribution is 9.10. The second kappa shape index (κ2) is 3.67. The first-order chi connectivity index (χ1) is 6.68. The molecular formula is C11H11BrN2. The van der Waals surface area contributed by atoms with E-state index in [1.54, 1.807) is 6.20 Å². The van der Waals surface area contributed by atoms with Gasteiger partial charge in [-0.15, -0.1) is 0 Å². The van der Waals surface area contributed by atoms with Gasteiger partial charge in [0.1, 0.15) is 0 Å². The molecule has 2 aromatic rings. The Morgan fingerprint density at radius 2 is 2.14 bits per heavy atom. The van der Waals surface area contributed by atoms with Crippen LogP contribution in [-0.2, 0) is 0 Å². The van der Waals surface area contributed by atoms with E-state index in [1.165, 1.54) is 5.39 Å². The lowest BCUT2D eigenvalue weighted by Gasteiger charge is -2.08. The van der Waals surface area contributed by atoms with Crippen LogP contribution in [0.4, 0.5) is 0 Å². The van der Waals surface area contributed by atoms with E-state index in [4.69, 9.17) is 5.73 Å². The number of aromatic nitrogens is 1. The van der Waals surface area contributed by atoms with Crippen molar-refractivity contribution in [1.29, 1.82) is 0 Å². The van der Waals surface area contributed by atoms with Gasteiger partial charge in [-0.25, -0.2) is 0 Å². The molecule has 0 amide bonds.